The van der Waals surface area contributed by atoms with Crippen molar-refractivity contribution in [2.45, 2.75) is 77.5 Å². The predicted octanol–water partition coefficient (Wildman–Crippen LogP) is 9.27. The Morgan fingerprint density at radius 2 is 1.27 bits per heavy atom. The Hall–Kier alpha value is -4.65. The Labute approximate surface area is 282 Å². The highest BCUT2D eigenvalue weighted by Gasteiger charge is 2.42. The Morgan fingerprint density at radius 3 is 1.88 bits per heavy atom. The fourth-order valence-corrected chi connectivity index (χ4v) is 4.42. The zero-order valence-corrected chi connectivity index (χ0v) is 27.4. The molecule has 1 atom stereocenters. The van der Waals surface area contributed by atoms with E-state index in [9.17, 15) is 31.9 Å². The van der Waals surface area contributed by atoms with Gasteiger partial charge in [0.1, 0.15) is 28.8 Å². The van der Waals surface area contributed by atoms with Crippen molar-refractivity contribution in [1.29, 1.82) is 0 Å². The summed E-state index contributed by atoms with van der Waals surface area (Å²) in [6.45, 7) is 5.45. The van der Waals surface area contributed by atoms with Crippen LogP contribution in [0.2, 0.25) is 0 Å². The number of carbonyl (C=O) groups excluding carboxylic acids is 3. The van der Waals surface area contributed by atoms with Crippen molar-refractivity contribution in [1.82, 2.24) is 0 Å². The molecule has 0 saturated heterocycles. The van der Waals surface area contributed by atoms with Crippen LogP contribution in [0.1, 0.15) is 85.9 Å². The van der Waals surface area contributed by atoms with Crippen LogP contribution in [-0.4, -0.2) is 50.2 Å². The molecule has 0 N–H and O–H groups in total. The Kier molecular flexibility index (Phi) is 15.8. The van der Waals surface area contributed by atoms with Gasteiger partial charge < -0.3 is 28.4 Å². The summed E-state index contributed by atoms with van der Waals surface area (Å²) in [6, 6.07) is 14.3. The van der Waals surface area contributed by atoms with Gasteiger partial charge in [-0.15, -0.1) is 0 Å². The molecule has 9 nitrogen and oxygen atoms in total. The summed E-state index contributed by atoms with van der Waals surface area (Å²) < 4.78 is 85.9. The van der Waals surface area contributed by atoms with Gasteiger partial charge in [-0.25, -0.2) is 18.8 Å². The highest BCUT2D eigenvalue weighted by Crippen LogP contribution is 2.29. The third-order valence-corrected chi connectivity index (χ3v) is 7.03. The standard InChI is InChI=1S/C36H40F4O9/c1-3-5-6-10-23-45-26-16-18-28(19-17-26)48-35(43)47-27-14-12-25(13-15-27)33(41)46-29-20-21-30(31(37)24-29)34(42)49-32(36(38,39)40)11-8-7-9-22-44-4-2/h12-21,24,32H,3-11,22-23H2,1-2H3/t32-/m1/s1. The molecule has 49 heavy (non-hydrogen) atoms. The van der Waals surface area contributed by atoms with Crippen LogP contribution >= 0.6 is 0 Å². The first-order valence-corrected chi connectivity index (χ1v) is 16.1. The number of rotatable bonds is 19. The second kappa shape index (κ2) is 20.0. The minimum Gasteiger partial charge on any atom is -0.494 e. The summed E-state index contributed by atoms with van der Waals surface area (Å²) in [7, 11) is 0. The van der Waals surface area contributed by atoms with Crippen molar-refractivity contribution < 1.29 is 60.4 Å². The SMILES string of the molecule is CCCCCCOc1ccc(OC(=O)Oc2ccc(C(=O)Oc3ccc(C(=O)O[C@H](CCCCCOCC)C(F)(F)F)c(F)c3)cc2)cc1. The minimum absolute atomic E-state index is 0.00386. The fourth-order valence-electron chi connectivity index (χ4n) is 4.42. The zero-order chi connectivity index (χ0) is 35.6. The highest BCUT2D eigenvalue weighted by molar-refractivity contribution is 5.92. The number of esters is 2. The van der Waals surface area contributed by atoms with Crippen molar-refractivity contribution in [3.63, 3.8) is 0 Å². The molecule has 0 radical (unpaired) electrons. The van der Waals surface area contributed by atoms with Gasteiger partial charge >= 0.3 is 24.3 Å². The van der Waals surface area contributed by atoms with E-state index in [1.165, 1.54) is 24.3 Å². The monoisotopic (exact) mass is 692 g/mol. The van der Waals surface area contributed by atoms with E-state index in [0.29, 0.717) is 44.5 Å². The number of halogens is 4. The van der Waals surface area contributed by atoms with Crippen molar-refractivity contribution >= 4 is 18.1 Å². The lowest BCUT2D eigenvalue weighted by atomic mass is 10.1. The maximum atomic E-state index is 14.7. The van der Waals surface area contributed by atoms with Crippen molar-refractivity contribution in [3.8, 4) is 23.0 Å². The van der Waals surface area contributed by atoms with E-state index < -0.39 is 48.2 Å². The Balaban J connectivity index is 1.48. The predicted molar refractivity (Wildman–Crippen MR) is 171 cm³/mol. The second-order valence-corrected chi connectivity index (χ2v) is 10.9. The average Bonchev–Trinajstić information content (AvgIpc) is 3.06. The van der Waals surface area contributed by atoms with Crippen LogP contribution in [0.25, 0.3) is 0 Å². The molecular weight excluding hydrogens is 652 g/mol. The van der Waals surface area contributed by atoms with E-state index in [0.717, 1.165) is 37.8 Å². The lowest BCUT2D eigenvalue weighted by Gasteiger charge is -2.21. The smallest absolute Gasteiger partial charge is 0.494 e. The van der Waals surface area contributed by atoms with E-state index in [4.69, 9.17) is 23.7 Å². The van der Waals surface area contributed by atoms with E-state index in [1.54, 1.807) is 31.2 Å². The molecule has 0 aromatic heterocycles. The second-order valence-electron chi connectivity index (χ2n) is 10.9. The largest absolute Gasteiger partial charge is 0.519 e. The van der Waals surface area contributed by atoms with Gasteiger partial charge in [0.25, 0.3) is 0 Å². The summed E-state index contributed by atoms with van der Waals surface area (Å²) in [5, 5.41) is 0. The van der Waals surface area contributed by atoms with Gasteiger partial charge in [0.05, 0.1) is 17.7 Å². The van der Waals surface area contributed by atoms with Gasteiger partial charge in [-0.1, -0.05) is 32.6 Å². The molecule has 3 rings (SSSR count). The number of benzene rings is 3. The Morgan fingerprint density at radius 1 is 0.673 bits per heavy atom. The summed E-state index contributed by atoms with van der Waals surface area (Å²) in [4.78, 5) is 37.2. The topological polar surface area (TPSA) is 107 Å². The van der Waals surface area contributed by atoms with Crippen molar-refractivity contribution in [2.75, 3.05) is 19.8 Å². The first kappa shape index (κ1) is 38.8. The molecule has 0 unspecified atom stereocenters. The average molecular weight is 693 g/mol. The van der Waals surface area contributed by atoms with Gasteiger partial charge in [0.15, 0.2) is 6.10 Å². The molecule has 0 fully saturated rings. The van der Waals surface area contributed by atoms with Crippen LogP contribution in [-0.2, 0) is 9.47 Å². The summed E-state index contributed by atoms with van der Waals surface area (Å²) >= 11 is 0. The van der Waals surface area contributed by atoms with Gasteiger partial charge in [-0.2, -0.15) is 13.2 Å². The van der Waals surface area contributed by atoms with Crippen LogP contribution in [0, 0.1) is 5.82 Å². The number of hydrogen-bond donors (Lipinski definition) is 0. The quantitative estimate of drug-likeness (QED) is 0.0400. The highest BCUT2D eigenvalue weighted by atomic mass is 19.4. The third kappa shape index (κ3) is 13.8. The number of unbranched alkanes of at least 4 members (excludes halogenated alkanes) is 5. The van der Waals surface area contributed by atoms with Crippen LogP contribution in [0.5, 0.6) is 23.0 Å². The zero-order valence-electron chi connectivity index (χ0n) is 27.4. The normalized spacial score (nSPS) is 11.8. The number of carbonyl (C=O) groups is 3. The molecule has 0 aliphatic carbocycles. The molecule has 0 amide bonds. The van der Waals surface area contributed by atoms with E-state index >= 15 is 0 Å². The molecule has 0 heterocycles. The molecule has 0 saturated carbocycles. The van der Waals surface area contributed by atoms with Gasteiger partial charge in [-0.05, 0) is 93.3 Å². The van der Waals surface area contributed by atoms with E-state index in [-0.39, 0.29) is 29.2 Å². The molecule has 0 spiro atoms. The first-order valence-electron chi connectivity index (χ1n) is 16.1. The minimum atomic E-state index is -4.84. The summed E-state index contributed by atoms with van der Waals surface area (Å²) in [5.41, 5.74) is -0.745. The Bertz CT molecular complexity index is 1480. The number of hydrogen-bond acceptors (Lipinski definition) is 9. The molecule has 0 aliphatic rings. The molecule has 0 bridgehead atoms. The van der Waals surface area contributed by atoms with Crippen LogP contribution < -0.4 is 18.9 Å². The molecule has 266 valence electrons. The third-order valence-electron chi connectivity index (χ3n) is 7.03. The van der Waals surface area contributed by atoms with E-state index in [1.807, 2.05) is 0 Å². The summed E-state index contributed by atoms with van der Waals surface area (Å²) in [5.74, 6) is -3.02. The molecule has 3 aromatic rings. The van der Waals surface area contributed by atoms with Gasteiger partial charge in [0, 0.05) is 19.3 Å². The lowest BCUT2D eigenvalue weighted by Crippen LogP contribution is -2.34. The molecule has 13 heteroatoms. The molecular formula is C36H40F4O9. The van der Waals surface area contributed by atoms with E-state index in [2.05, 4.69) is 11.7 Å². The first-order chi connectivity index (χ1) is 23.5. The molecule has 0 aliphatic heterocycles. The van der Waals surface area contributed by atoms with Crippen LogP contribution in [0.3, 0.4) is 0 Å². The van der Waals surface area contributed by atoms with Crippen LogP contribution in [0.15, 0.2) is 66.7 Å². The molecule has 3 aromatic carbocycles. The maximum Gasteiger partial charge on any atom is 0.519 e. The number of ether oxygens (including phenoxy) is 6. The lowest BCUT2D eigenvalue weighted by molar-refractivity contribution is -0.206. The van der Waals surface area contributed by atoms with Crippen LogP contribution in [0.4, 0.5) is 22.4 Å². The van der Waals surface area contributed by atoms with Crippen molar-refractivity contribution in [2.24, 2.45) is 0 Å². The fraction of sp³-hybridized carbons (Fsp3) is 0.417. The van der Waals surface area contributed by atoms with Gasteiger partial charge in [-0.3, -0.25) is 0 Å². The van der Waals surface area contributed by atoms with Gasteiger partial charge in [0.2, 0.25) is 0 Å². The summed E-state index contributed by atoms with van der Waals surface area (Å²) in [6.07, 6.45) is -3.29. The van der Waals surface area contributed by atoms with Crippen molar-refractivity contribution in [3.05, 3.63) is 83.7 Å². The number of alkyl halides is 3. The maximum absolute atomic E-state index is 14.7.